The molecule has 0 radical (unpaired) electrons. The molecule has 1 aliphatic heterocycles. The fourth-order valence-corrected chi connectivity index (χ4v) is 4.02. The molecule has 0 unspecified atom stereocenters. The van der Waals surface area contributed by atoms with Crippen molar-refractivity contribution in [3.05, 3.63) is 95.1 Å². The van der Waals surface area contributed by atoms with Crippen molar-refractivity contribution >= 4 is 17.6 Å². The second kappa shape index (κ2) is 10.2. The first kappa shape index (κ1) is 22.4. The van der Waals surface area contributed by atoms with Crippen LogP contribution in [0.25, 0.3) is 0 Å². The van der Waals surface area contributed by atoms with E-state index in [2.05, 4.69) is 24.4 Å². The fraction of sp³-hybridized carbons (Fsp3) is 0.259. The number of hydrogen-bond donors (Lipinski definition) is 1. The molecule has 6 nitrogen and oxygen atoms in total. The van der Waals surface area contributed by atoms with E-state index in [1.165, 1.54) is 5.56 Å². The van der Waals surface area contributed by atoms with Crippen LogP contribution in [0.1, 0.15) is 33.5 Å². The summed E-state index contributed by atoms with van der Waals surface area (Å²) in [6.07, 6.45) is 0.903. The molecule has 1 aliphatic rings. The van der Waals surface area contributed by atoms with Gasteiger partial charge in [0.25, 0.3) is 5.91 Å². The number of urea groups is 1. The summed E-state index contributed by atoms with van der Waals surface area (Å²) in [5, 5.41) is 2.93. The van der Waals surface area contributed by atoms with E-state index in [1.807, 2.05) is 53.4 Å². The summed E-state index contributed by atoms with van der Waals surface area (Å²) in [4.78, 5) is 29.4. The molecule has 0 aliphatic carbocycles. The van der Waals surface area contributed by atoms with E-state index < -0.39 is 0 Å². The fourth-order valence-electron chi connectivity index (χ4n) is 4.02. The summed E-state index contributed by atoms with van der Waals surface area (Å²) in [7, 11) is 1.62. The number of nitrogens with one attached hydrogen (secondary N) is 1. The number of carbonyl (C=O) groups is 2. The molecule has 170 valence electrons. The van der Waals surface area contributed by atoms with Crippen molar-refractivity contribution in [3.8, 4) is 5.75 Å². The number of nitrogens with zero attached hydrogens (tertiary/aromatic N) is 2. The highest BCUT2D eigenvalue weighted by Crippen LogP contribution is 2.23. The van der Waals surface area contributed by atoms with Gasteiger partial charge in [-0.2, -0.15) is 0 Å². The first-order chi connectivity index (χ1) is 16.0. The van der Waals surface area contributed by atoms with Crippen LogP contribution in [0.2, 0.25) is 0 Å². The maximum absolute atomic E-state index is 13.1. The monoisotopic (exact) mass is 443 g/mol. The molecule has 0 aromatic heterocycles. The summed E-state index contributed by atoms with van der Waals surface area (Å²) >= 11 is 0. The first-order valence-corrected chi connectivity index (χ1v) is 11.2. The van der Waals surface area contributed by atoms with Gasteiger partial charge < -0.3 is 15.0 Å². The molecule has 1 fully saturated rings. The Bertz CT molecular complexity index is 1130. The van der Waals surface area contributed by atoms with E-state index in [-0.39, 0.29) is 11.9 Å². The predicted octanol–water partition coefficient (Wildman–Crippen LogP) is 4.77. The van der Waals surface area contributed by atoms with Crippen molar-refractivity contribution in [3.63, 3.8) is 0 Å². The lowest BCUT2D eigenvalue weighted by Crippen LogP contribution is -2.49. The minimum atomic E-state index is -0.157. The second-order valence-corrected chi connectivity index (χ2v) is 8.22. The molecule has 6 heteroatoms. The van der Waals surface area contributed by atoms with Crippen LogP contribution in [0.3, 0.4) is 0 Å². The maximum atomic E-state index is 13.1. The molecule has 1 heterocycles. The van der Waals surface area contributed by atoms with Gasteiger partial charge in [0.1, 0.15) is 5.75 Å². The van der Waals surface area contributed by atoms with Gasteiger partial charge >= 0.3 is 6.03 Å². The van der Waals surface area contributed by atoms with Crippen LogP contribution in [0, 0.1) is 6.92 Å². The number of amides is 3. The molecule has 3 amide bonds. The predicted molar refractivity (Wildman–Crippen MR) is 130 cm³/mol. The summed E-state index contributed by atoms with van der Waals surface area (Å²) < 4.78 is 5.22. The molecular formula is C27H29N3O3. The van der Waals surface area contributed by atoms with E-state index >= 15 is 0 Å². The topological polar surface area (TPSA) is 61.9 Å². The van der Waals surface area contributed by atoms with Crippen molar-refractivity contribution in [2.75, 3.05) is 25.1 Å². The van der Waals surface area contributed by atoms with Gasteiger partial charge in [-0.15, -0.1) is 0 Å². The molecule has 33 heavy (non-hydrogen) atoms. The number of ether oxygens (including phenoxy) is 1. The Morgan fingerprint density at radius 2 is 1.79 bits per heavy atom. The first-order valence-electron chi connectivity index (χ1n) is 11.2. The molecule has 0 bridgehead atoms. The quantitative estimate of drug-likeness (QED) is 0.572. The van der Waals surface area contributed by atoms with E-state index in [0.29, 0.717) is 25.2 Å². The molecule has 3 aromatic rings. The summed E-state index contributed by atoms with van der Waals surface area (Å²) in [5.41, 5.74) is 4.68. The van der Waals surface area contributed by atoms with Gasteiger partial charge in [-0.05, 0) is 66.4 Å². The molecule has 1 N–H and O–H groups in total. The molecule has 1 saturated heterocycles. The number of anilines is 1. The van der Waals surface area contributed by atoms with Crippen LogP contribution in [-0.4, -0.2) is 37.0 Å². The second-order valence-electron chi connectivity index (χ2n) is 8.22. The third kappa shape index (κ3) is 5.34. The van der Waals surface area contributed by atoms with Gasteiger partial charge in [0.2, 0.25) is 0 Å². The normalized spacial score (nSPS) is 13.7. The van der Waals surface area contributed by atoms with E-state index in [4.69, 9.17) is 4.74 Å². The Morgan fingerprint density at radius 3 is 2.55 bits per heavy atom. The zero-order valence-electron chi connectivity index (χ0n) is 19.1. The lowest BCUT2D eigenvalue weighted by atomic mass is 10.1. The van der Waals surface area contributed by atoms with Crippen LogP contribution < -0.4 is 15.0 Å². The largest absolute Gasteiger partial charge is 0.497 e. The lowest BCUT2D eigenvalue weighted by molar-refractivity contribution is 0.0951. The summed E-state index contributed by atoms with van der Waals surface area (Å²) in [6.45, 7) is 4.50. The van der Waals surface area contributed by atoms with Crippen LogP contribution in [0.5, 0.6) is 5.75 Å². The van der Waals surface area contributed by atoms with Gasteiger partial charge in [-0.3, -0.25) is 9.69 Å². The van der Waals surface area contributed by atoms with E-state index in [0.717, 1.165) is 35.5 Å². The van der Waals surface area contributed by atoms with E-state index in [9.17, 15) is 9.59 Å². The van der Waals surface area contributed by atoms with Gasteiger partial charge in [0, 0.05) is 37.4 Å². The number of carbonyl (C=O) groups excluding carboxylic acids is 2. The highest BCUT2D eigenvalue weighted by Gasteiger charge is 2.27. The average molecular weight is 444 g/mol. The van der Waals surface area contributed by atoms with E-state index in [1.54, 1.807) is 24.1 Å². The SMILES string of the molecule is COc1cccc(CNC(=O)c2ccc(N3CCCN(Cc4ccccc4C)C3=O)cc2)c1. The van der Waals surface area contributed by atoms with Crippen molar-refractivity contribution in [2.24, 2.45) is 0 Å². The van der Waals surface area contributed by atoms with Crippen LogP contribution in [-0.2, 0) is 13.1 Å². The number of benzene rings is 3. The number of aryl methyl sites for hydroxylation is 1. The van der Waals surface area contributed by atoms with Crippen LogP contribution in [0.15, 0.2) is 72.8 Å². The van der Waals surface area contributed by atoms with Crippen LogP contribution in [0.4, 0.5) is 10.5 Å². The number of rotatable bonds is 7. The highest BCUT2D eigenvalue weighted by atomic mass is 16.5. The zero-order valence-corrected chi connectivity index (χ0v) is 19.1. The minimum absolute atomic E-state index is 0.000250. The number of hydrogen-bond acceptors (Lipinski definition) is 3. The summed E-state index contributed by atoms with van der Waals surface area (Å²) in [6, 6.07) is 23.0. The smallest absolute Gasteiger partial charge is 0.324 e. The van der Waals surface area contributed by atoms with Gasteiger partial charge in [-0.25, -0.2) is 4.79 Å². The Morgan fingerprint density at radius 1 is 1.00 bits per heavy atom. The molecular weight excluding hydrogens is 414 g/mol. The average Bonchev–Trinajstić information content (AvgIpc) is 2.85. The van der Waals surface area contributed by atoms with Crippen molar-refractivity contribution in [1.82, 2.24) is 10.2 Å². The molecule has 3 aromatic carbocycles. The van der Waals surface area contributed by atoms with Gasteiger partial charge in [-0.1, -0.05) is 36.4 Å². The Kier molecular flexibility index (Phi) is 6.93. The molecule has 0 saturated carbocycles. The number of methoxy groups -OCH3 is 1. The van der Waals surface area contributed by atoms with Crippen molar-refractivity contribution in [1.29, 1.82) is 0 Å². The van der Waals surface area contributed by atoms with Crippen molar-refractivity contribution < 1.29 is 14.3 Å². The molecule has 0 atom stereocenters. The van der Waals surface area contributed by atoms with Crippen molar-refractivity contribution in [2.45, 2.75) is 26.4 Å². The highest BCUT2D eigenvalue weighted by molar-refractivity contribution is 5.96. The molecule has 4 rings (SSSR count). The third-order valence-electron chi connectivity index (χ3n) is 5.96. The third-order valence-corrected chi connectivity index (χ3v) is 5.96. The Hall–Kier alpha value is -3.80. The zero-order chi connectivity index (χ0) is 23.2. The minimum Gasteiger partial charge on any atom is -0.497 e. The molecule has 0 spiro atoms. The Balaban J connectivity index is 1.39. The standard InChI is InChI=1S/C27H29N3O3/c1-20-7-3-4-9-23(20)19-29-15-6-16-30(27(29)32)24-13-11-22(12-14-24)26(31)28-18-21-8-5-10-25(17-21)33-2/h3-5,7-14,17H,6,15-16,18-19H2,1-2H3,(H,28,31). The van der Waals surface area contributed by atoms with Crippen LogP contribution >= 0.6 is 0 Å². The van der Waals surface area contributed by atoms with Gasteiger partial charge in [0.05, 0.1) is 7.11 Å². The summed E-state index contributed by atoms with van der Waals surface area (Å²) in [5.74, 6) is 0.601. The Labute approximate surface area is 194 Å². The van der Waals surface area contributed by atoms with Gasteiger partial charge in [0.15, 0.2) is 0 Å². The lowest BCUT2D eigenvalue weighted by Gasteiger charge is -2.36. The maximum Gasteiger partial charge on any atom is 0.324 e.